The molecule has 0 spiro atoms. The Hall–Kier alpha value is -2.00. The number of ether oxygens (including phenoxy) is 1. The lowest BCUT2D eigenvalue weighted by molar-refractivity contribution is 0.414. The van der Waals surface area contributed by atoms with Crippen LogP contribution in [-0.4, -0.2) is 12.8 Å². The first-order valence-electron chi connectivity index (χ1n) is 8.32. The zero-order valence-corrected chi connectivity index (χ0v) is 16.3. The third-order valence-electron chi connectivity index (χ3n) is 3.03. The smallest absolute Gasteiger partial charge is 0.118 e. The zero-order chi connectivity index (χ0) is 18.5. The maximum atomic E-state index is 7.78. The molecule has 2 N–H and O–H groups in total. The molecule has 0 aliphatic rings. The SMILES string of the molecule is CC.CC.COc1ccc(CNc2cc(Cl)ccc2C(C)=N)cc1. The van der Waals surface area contributed by atoms with Crippen molar-refractivity contribution in [2.24, 2.45) is 0 Å². The van der Waals surface area contributed by atoms with E-state index in [1.165, 1.54) is 0 Å². The lowest BCUT2D eigenvalue weighted by Gasteiger charge is -2.12. The van der Waals surface area contributed by atoms with E-state index in [9.17, 15) is 0 Å². The van der Waals surface area contributed by atoms with Crippen LogP contribution >= 0.6 is 11.6 Å². The molecule has 0 aromatic heterocycles. The number of rotatable bonds is 5. The normalized spacial score (nSPS) is 8.96. The Labute approximate surface area is 151 Å². The quantitative estimate of drug-likeness (QED) is 0.614. The van der Waals surface area contributed by atoms with Gasteiger partial charge in [-0.3, -0.25) is 0 Å². The largest absolute Gasteiger partial charge is 0.497 e. The third kappa shape index (κ3) is 7.05. The summed E-state index contributed by atoms with van der Waals surface area (Å²) in [4.78, 5) is 0. The van der Waals surface area contributed by atoms with Crippen molar-refractivity contribution in [3.63, 3.8) is 0 Å². The molecule has 0 saturated heterocycles. The van der Waals surface area contributed by atoms with Crippen molar-refractivity contribution < 1.29 is 4.74 Å². The summed E-state index contributed by atoms with van der Waals surface area (Å²) in [7, 11) is 1.65. The molecule has 0 aliphatic carbocycles. The zero-order valence-electron chi connectivity index (χ0n) is 15.5. The summed E-state index contributed by atoms with van der Waals surface area (Å²) in [6.07, 6.45) is 0. The fourth-order valence-corrected chi connectivity index (χ4v) is 2.10. The molecule has 24 heavy (non-hydrogen) atoms. The van der Waals surface area contributed by atoms with E-state index in [2.05, 4.69) is 5.32 Å². The molecule has 0 bridgehead atoms. The maximum absolute atomic E-state index is 7.78. The number of methoxy groups -OCH3 is 1. The predicted molar refractivity (Wildman–Crippen MR) is 107 cm³/mol. The molecule has 2 rings (SSSR count). The molecule has 132 valence electrons. The van der Waals surface area contributed by atoms with Crippen LogP contribution in [0.1, 0.15) is 45.7 Å². The fraction of sp³-hybridized carbons (Fsp3) is 0.350. The van der Waals surface area contributed by atoms with Gasteiger partial charge in [-0.2, -0.15) is 0 Å². The van der Waals surface area contributed by atoms with Crippen molar-refractivity contribution in [2.75, 3.05) is 12.4 Å². The van der Waals surface area contributed by atoms with Gasteiger partial charge in [0.25, 0.3) is 0 Å². The first kappa shape index (κ1) is 22.0. The monoisotopic (exact) mass is 348 g/mol. The van der Waals surface area contributed by atoms with Gasteiger partial charge in [0.1, 0.15) is 5.75 Å². The number of hydrogen-bond acceptors (Lipinski definition) is 3. The van der Waals surface area contributed by atoms with Crippen LogP contribution < -0.4 is 10.1 Å². The van der Waals surface area contributed by atoms with Crippen molar-refractivity contribution in [1.29, 1.82) is 5.41 Å². The van der Waals surface area contributed by atoms with Gasteiger partial charge < -0.3 is 15.5 Å². The van der Waals surface area contributed by atoms with Crippen LogP contribution in [0.5, 0.6) is 5.75 Å². The Balaban J connectivity index is 0.00000123. The van der Waals surface area contributed by atoms with Crippen LogP contribution in [0.2, 0.25) is 5.02 Å². The minimum absolute atomic E-state index is 0.513. The molecule has 0 heterocycles. The third-order valence-corrected chi connectivity index (χ3v) is 3.26. The van der Waals surface area contributed by atoms with Gasteiger partial charge in [0.2, 0.25) is 0 Å². The fourth-order valence-electron chi connectivity index (χ4n) is 1.93. The topological polar surface area (TPSA) is 45.1 Å². The molecule has 0 aliphatic heterocycles. The van der Waals surface area contributed by atoms with Gasteiger partial charge in [-0.25, -0.2) is 0 Å². The number of anilines is 1. The lowest BCUT2D eigenvalue weighted by atomic mass is 10.1. The second-order valence-corrected chi connectivity index (χ2v) is 4.95. The highest BCUT2D eigenvalue weighted by atomic mass is 35.5. The van der Waals surface area contributed by atoms with Crippen LogP contribution in [0.3, 0.4) is 0 Å². The molecule has 2 aromatic carbocycles. The molecule has 4 heteroatoms. The summed E-state index contributed by atoms with van der Waals surface area (Å²) in [6, 6.07) is 13.4. The molecule has 0 radical (unpaired) electrons. The molecule has 0 saturated carbocycles. The molecule has 3 nitrogen and oxygen atoms in total. The first-order chi connectivity index (χ1) is 11.6. The van der Waals surface area contributed by atoms with Crippen LogP contribution in [0.15, 0.2) is 42.5 Å². The highest BCUT2D eigenvalue weighted by Crippen LogP contribution is 2.22. The van der Waals surface area contributed by atoms with E-state index in [0.29, 0.717) is 17.3 Å². The minimum Gasteiger partial charge on any atom is -0.497 e. The number of halogens is 1. The van der Waals surface area contributed by atoms with Gasteiger partial charge in [-0.15, -0.1) is 0 Å². The molecule has 0 amide bonds. The van der Waals surface area contributed by atoms with E-state index in [-0.39, 0.29) is 0 Å². The highest BCUT2D eigenvalue weighted by molar-refractivity contribution is 6.31. The van der Waals surface area contributed by atoms with Gasteiger partial charge >= 0.3 is 0 Å². The van der Waals surface area contributed by atoms with Crippen molar-refractivity contribution in [2.45, 2.75) is 41.2 Å². The van der Waals surface area contributed by atoms with E-state index in [0.717, 1.165) is 22.6 Å². The first-order valence-corrected chi connectivity index (χ1v) is 8.70. The molecule has 0 atom stereocenters. The molecular formula is C20H29ClN2O. The summed E-state index contributed by atoms with van der Waals surface area (Å²) in [5.74, 6) is 0.840. The number of benzene rings is 2. The van der Waals surface area contributed by atoms with Crippen molar-refractivity contribution in [3.8, 4) is 5.75 Å². The average Bonchev–Trinajstić information content (AvgIpc) is 2.63. The summed E-state index contributed by atoms with van der Waals surface area (Å²) in [5, 5.41) is 11.8. The molecular weight excluding hydrogens is 320 g/mol. The van der Waals surface area contributed by atoms with E-state index in [4.69, 9.17) is 21.7 Å². The summed E-state index contributed by atoms with van der Waals surface area (Å²) < 4.78 is 5.13. The Morgan fingerprint density at radius 2 is 1.62 bits per heavy atom. The second-order valence-electron chi connectivity index (χ2n) is 4.52. The van der Waals surface area contributed by atoms with Gasteiger partial charge in [0.15, 0.2) is 0 Å². The van der Waals surface area contributed by atoms with Crippen LogP contribution in [-0.2, 0) is 6.54 Å². The highest BCUT2D eigenvalue weighted by Gasteiger charge is 2.05. The number of nitrogens with one attached hydrogen (secondary N) is 2. The summed E-state index contributed by atoms with van der Waals surface area (Å²) in [5.41, 5.74) is 3.39. The second kappa shape index (κ2) is 12.4. The Morgan fingerprint density at radius 3 is 2.12 bits per heavy atom. The summed E-state index contributed by atoms with van der Waals surface area (Å²) in [6.45, 7) is 10.4. The van der Waals surface area contributed by atoms with E-state index in [1.54, 1.807) is 20.1 Å². The van der Waals surface area contributed by atoms with Crippen molar-refractivity contribution >= 4 is 23.0 Å². The summed E-state index contributed by atoms with van der Waals surface area (Å²) >= 11 is 6.02. The van der Waals surface area contributed by atoms with Crippen molar-refractivity contribution in [3.05, 3.63) is 58.6 Å². The van der Waals surface area contributed by atoms with Gasteiger partial charge in [0, 0.05) is 28.5 Å². The average molecular weight is 349 g/mol. The van der Waals surface area contributed by atoms with Gasteiger partial charge in [0.05, 0.1) is 7.11 Å². The van der Waals surface area contributed by atoms with Crippen LogP contribution in [0.4, 0.5) is 5.69 Å². The van der Waals surface area contributed by atoms with Gasteiger partial charge in [-0.1, -0.05) is 51.4 Å². The van der Waals surface area contributed by atoms with E-state index >= 15 is 0 Å². The Bertz CT molecular complexity index is 610. The van der Waals surface area contributed by atoms with E-state index < -0.39 is 0 Å². The maximum Gasteiger partial charge on any atom is 0.118 e. The predicted octanol–water partition coefficient (Wildman–Crippen LogP) is 6.40. The molecule has 2 aromatic rings. The molecule has 0 unspecified atom stereocenters. The number of hydrogen-bond donors (Lipinski definition) is 2. The van der Waals surface area contributed by atoms with E-state index in [1.807, 2.05) is 64.1 Å². The Kier molecular flexibility index (Phi) is 11.4. The lowest BCUT2D eigenvalue weighted by Crippen LogP contribution is -2.05. The van der Waals surface area contributed by atoms with Crippen LogP contribution in [0, 0.1) is 5.41 Å². The standard InChI is InChI=1S/C16H17ClN2O.2C2H6/c1-11(18)15-8-5-13(17)9-16(15)19-10-12-3-6-14(20-2)7-4-12;2*1-2/h3-9,18-19H,10H2,1-2H3;2*1-2H3. The Morgan fingerprint density at radius 1 is 1.04 bits per heavy atom. The minimum atomic E-state index is 0.513. The van der Waals surface area contributed by atoms with Gasteiger partial charge in [-0.05, 0) is 42.8 Å². The molecule has 0 fully saturated rings. The van der Waals surface area contributed by atoms with Crippen molar-refractivity contribution in [1.82, 2.24) is 0 Å². The van der Waals surface area contributed by atoms with Crippen LogP contribution in [0.25, 0.3) is 0 Å².